The van der Waals surface area contributed by atoms with Crippen molar-refractivity contribution < 1.29 is 0 Å². The first kappa shape index (κ1) is 39.7. The number of para-hydroxylation sites is 2. The van der Waals surface area contributed by atoms with Crippen LogP contribution in [0.5, 0.6) is 0 Å². The molecule has 0 bridgehead atoms. The van der Waals surface area contributed by atoms with E-state index < -0.39 is 0 Å². The van der Waals surface area contributed by atoms with Crippen molar-refractivity contribution in [1.29, 1.82) is 0 Å². The van der Waals surface area contributed by atoms with Gasteiger partial charge in [0.05, 0.1) is 22.4 Å². The molecule has 0 saturated heterocycles. The van der Waals surface area contributed by atoms with E-state index >= 15 is 0 Å². The molecule has 67 heavy (non-hydrogen) atoms. The summed E-state index contributed by atoms with van der Waals surface area (Å²) in [7, 11) is 0. The van der Waals surface area contributed by atoms with Gasteiger partial charge in [0.1, 0.15) is 0 Å². The van der Waals surface area contributed by atoms with Crippen LogP contribution in [-0.4, -0.2) is 14.5 Å². The minimum absolute atomic E-state index is 0.648. The molecule has 0 spiro atoms. The molecular weight excluding hydrogens is 811 g/mol. The third kappa shape index (κ3) is 7.20. The molecule has 314 valence electrons. The predicted octanol–water partition coefficient (Wildman–Crippen LogP) is 16.9. The van der Waals surface area contributed by atoms with Gasteiger partial charge in [-0.15, -0.1) is 0 Å². The van der Waals surface area contributed by atoms with Gasteiger partial charge in [-0.3, -0.25) is 0 Å². The molecule has 0 aliphatic rings. The number of hydrogen-bond acceptors (Lipinski definition) is 2. The van der Waals surface area contributed by atoms with E-state index in [0.717, 1.165) is 89.4 Å². The summed E-state index contributed by atoms with van der Waals surface area (Å²) in [6, 6.07) is 93.1. The molecule has 0 unspecified atom stereocenters. The number of nitrogens with zero attached hydrogens (tertiary/aromatic N) is 3. The summed E-state index contributed by atoms with van der Waals surface area (Å²) >= 11 is 0. The average Bonchev–Trinajstić information content (AvgIpc) is 3.76. The lowest BCUT2D eigenvalue weighted by Crippen LogP contribution is -2.05. The van der Waals surface area contributed by atoms with Crippen LogP contribution in [0.2, 0.25) is 0 Å². The Kier molecular flexibility index (Phi) is 10.2. The number of aromatic nitrogens is 3. The number of benzene rings is 10. The lowest BCUT2D eigenvalue weighted by Gasteiger charge is -2.28. The first-order chi connectivity index (χ1) is 33.3. The summed E-state index contributed by atoms with van der Waals surface area (Å²) in [6.45, 7) is 0. The molecule has 10 aromatic carbocycles. The highest BCUT2D eigenvalue weighted by Gasteiger charge is 2.31. The Labute approximate surface area is 390 Å². The van der Waals surface area contributed by atoms with Gasteiger partial charge in [-0.25, -0.2) is 9.97 Å². The van der Waals surface area contributed by atoms with Gasteiger partial charge in [0.2, 0.25) is 0 Å². The maximum Gasteiger partial charge on any atom is 0.161 e. The summed E-state index contributed by atoms with van der Waals surface area (Å²) in [5, 5.41) is 2.47. The van der Waals surface area contributed by atoms with Gasteiger partial charge in [0.15, 0.2) is 5.82 Å². The van der Waals surface area contributed by atoms with Crippen molar-refractivity contribution >= 4 is 21.8 Å². The Morgan fingerprint density at radius 3 is 0.881 bits per heavy atom. The maximum atomic E-state index is 5.65. The van der Waals surface area contributed by atoms with Crippen molar-refractivity contribution in [1.82, 2.24) is 14.5 Å². The van der Waals surface area contributed by atoms with E-state index in [1.807, 2.05) is 0 Å². The Morgan fingerprint density at radius 2 is 0.522 bits per heavy atom. The highest BCUT2D eigenvalue weighted by atomic mass is 15.0. The van der Waals surface area contributed by atoms with E-state index in [2.05, 4.69) is 265 Å². The van der Waals surface area contributed by atoms with Crippen molar-refractivity contribution in [3.63, 3.8) is 0 Å². The van der Waals surface area contributed by atoms with Gasteiger partial charge in [0, 0.05) is 44.3 Å². The Morgan fingerprint density at radius 1 is 0.239 bits per heavy atom. The van der Waals surface area contributed by atoms with Crippen LogP contribution in [0.15, 0.2) is 261 Å². The summed E-state index contributed by atoms with van der Waals surface area (Å²) in [4.78, 5) is 11.3. The molecule has 0 amide bonds. The molecule has 0 atom stereocenters. The van der Waals surface area contributed by atoms with Crippen LogP contribution in [0.3, 0.4) is 0 Å². The highest BCUT2D eigenvalue weighted by molar-refractivity contribution is 6.15. The largest absolute Gasteiger partial charge is 0.309 e. The van der Waals surface area contributed by atoms with Crippen LogP contribution in [0.4, 0.5) is 0 Å². The van der Waals surface area contributed by atoms with E-state index in [-0.39, 0.29) is 0 Å². The van der Waals surface area contributed by atoms with E-state index in [1.165, 1.54) is 21.8 Å². The summed E-state index contributed by atoms with van der Waals surface area (Å²) in [5.41, 5.74) is 19.1. The van der Waals surface area contributed by atoms with Gasteiger partial charge >= 0.3 is 0 Å². The molecule has 12 aromatic rings. The minimum Gasteiger partial charge on any atom is -0.309 e. The fourth-order valence-electron chi connectivity index (χ4n) is 9.89. The number of hydrogen-bond donors (Lipinski definition) is 0. The molecule has 2 heterocycles. The summed E-state index contributed by atoms with van der Waals surface area (Å²) in [6.07, 6.45) is 0. The monoisotopic (exact) mass is 853 g/mol. The fourth-order valence-corrected chi connectivity index (χ4v) is 9.89. The molecule has 0 aliphatic carbocycles. The first-order valence-electron chi connectivity index (χ1n) is 22.8. The van der Waals surface area contributed by atoms with E-state index in [1.54, 1.807) is 0 Å². The van der Waals surface area contributed by atoms with Gasteiger partial charge in [-0.1, -0.05) is 231 Å². The molecule has 0 fully saturated rings. The quantitative estimate of drug-likeness (QED) is 0.145. The Balaban J connectivity index is 1.27. The number of rotatable bonds is 9. The summed E-state index contributed by atoms with van der Waals surface area (Å²) < 4.78 is 2.38. The van der Waals surface area contributed by atoms with Crippen LogP contribution in [0.1, 0.15) is 0 Å². The zero-order valence-electron chi connectivity index (χ0n) is 36.7. The molecular formula is C64H43N3. The summed E-state index contributed by atoms with van der Waals surface area (Å²) in [5.74, 6) is 0.648. The smallest absolute Gasteiger partial charge is 0.161 e. The van der Waals surface area contributed by atoms with Gasteiger partial charge in [0.25, 0.3) is 0 Å². The van der Waals surface area contributed by atoms with Gasteiger partial charge in [-0.05, 0) is 74.8 Å². The molecule has 12 rings (SSSR count). The second-order valence-corrected chi connectivity index (χ2v) is 16.8. The van der Waals surface area contributed by atoms with Crippen LogP contribution in [0.25, 0.3) is 117 Å². The van der Waals surface area contributed by atoms with Crippen LogP contribution < -0.4 is 0 Å². The Hall–Kier alpha value is -8.92. The third-order valence-electron chi connectivity index (χ3n) is 12.8. The minimum atomic E-state index is 0.648. The normalized spacial score (nSPS) is 11.3. The second-order valence-electron chi connectivity index (χ2n) is 16.8. The second kappa shape index (κ2) is 17.2. The van der Waals surface area contributed by atoms with Crippen LogP contribution in [-0.2, 0) is 0 Å². The van der Waals surface area contributed by atoms with Crippen LogP contribution >= 0.6 is 0 Å². The lowest BCUT2D eigenvalue weighted by molar-refractivity contribution is 1.18. The fraction of sp³-hybridized carbons (Fsp3) is 0. The zero-order chi connectivity index (χ0) is 44.5. The SMILES string of the molecule is c1ccc(-c2cc(-c3ccccc3)nc(-c3c(-c4ccccc4)c(-c4ccccc4)c(-c4ccccc4)c(-c4ccccc4)c3-c3ccc(-n4c5ccccc5c5ccccc54)cc3)n2)cc1. The standard InChI is InChI=1S/C64H43N3/c1-7-23-44(24-8-1)54-43-55(45-25-9-2-10-26-45)66-64(65-54)63-61(49-33-17-6-18-34-49)59(47-29-13-4-14-30-47)58(46-27-11-3-12-28-46)60(48-31-15-5-16-32-48)62(63)50-39-41-51(42-40-50)67-56-37-21-19-35-52(56)53-36-20-22-38-57(53)67/h1-43H. The first-order valence-corrected chi connectivity index (χ1v) is 22.8. The molecule has 0 N–H and O–H groups in total. The zero-order valence-corrected chi connectivity index (χ0v) is 36.7. The highest BCUT2D eigenvalue weighted by Crippen LogP contribution is 2.55. The van der Waals surface area contributed by atoms with Crippen molar-refractivity contribution in [2.45, 2.75) is 0 Å². The van der Waals surface area contributed by atoms with Crippen molar-refractivity contribution in [2.24, 2.45) is 0 Å². The lowest BCUT2D eigenvalue weighted by atomic mass is 9.75. The predicted molar refractivity (Wildman–Crippen MR) is 280 cm³/mol. The third-order valence-corrected chi connectivity index (χ3v) is 12.8. The van der Waals surface area contributed by atoms with E-state index in [4.69, 9.17) is 9.97 Å². The molecule has 3 nitrogen and oxygen atoms in total. The molecule has 3 heteroatoms. The van der Waals surface area contributed by atoms with E-state index in [9.17, 15) is 0 Å². The van der Waals surface area contributed by atoms with Gasteiger partial charge in [-0.2, -0.15) is 0 Å². The molecule has 0 aliphatic heterocycles. The molecule has 0 radical (unpaired) electrons. The van der Waals surface area contributed by atoms with Gasteiger partial charge < -0.3 is 4.57 Å². The van der Waals surface area contributed by atoms with Crippen molar-refractivity contribution in [2.75, 3.05) is 0 Å². The Bertz CT molecular complexity index is 3570. The topological polar surface area (TPSA) is 30.7 Å². The maximum absolute atomic E-state index is 5.65. The average molecular weight is 854 g/mol. The molecule has 0 saturated carbocycles. The van der Waals surface area contributed by atoms with Crippen molar-refractivity contribution in [3.05, 3.63) is 261 Å². The van der Waals surface area contributed by atoms with E-state index in [0.29, 0.717) is 5.82 Å². The number of fused-ring (bicyclic) bond motifs is 3. The molecule has 2 aromatic heterocycles. The van der Waals surface area contributed by atoms with Crippen LogP contribution in [0, 0.1) is 0 Å². The van der Waals surface area contributed by atoms with Crippen molar-refractivity contribution in [3.8, 4) is 95.2 Å².